The molecule has 0 amide bonds. The summed E-state index contributed by atoms with van der Waals surface area (Å²) < 4.78 is 11.1. The monoisotopic (exact) mass is 272 g/mol. The van der Waals surface area contributed by atoms with E-state index in [1.54, 1.807) is 6.20 Å². The minimum atomic E-state index is 0.503. The molecule has 2 aromatic rings. The van der Waals surface area contributed by atoms with Crippen LogP contribution in [0.3, 0.4) is 0 Å². The molecule has 2 rings (SSSR count). The number of nitrogens with one attached hydrogen (secondary N) is 1. The van der Waals surface area contributed by atoms with Crippen molar-refractivity contribution in [2.45, 2.75) is 13.5 Å². The van der Waals surface area contributed by atoms with Gasteiger partial charge in [-0.25, -0.2) is 0 Å². The zero-order valence-corrected chi connectivity index (χ0v) is 11.7. The molecule has 0 bridgehead atoms. The summed E-state index contributed by atoms with van der Waals surface area (Å²) in [5.41, 5.74) is 1.01. The normalized spacial score (nSPS) is 10.2. The van der Waals surface area contributed by atoms with Crippen molar-refractivity contribution < 1.29 is 9.47 Å². The third-order valence-corrected chi connectivity index (χ3v) is 2.72. The predicted molar refractivity (Wildman–Crippen MR) is 79.0 cm³/mol. The second kappa shape index (κ2) is 8.17. The molecule has 0 radical (unpaired) electrons. The lowest BCUT2D eigenvalue weighted by molar-refractivity contribution is 0.216. The maximum atomic E-state index is 5.58. The average Bonchev–Trinajstić information content (AvgIpc) is 2.52. The molecule has 1 aromatic heterocycles. The topological polar surface area (TPSA) is 43.4 Å². The second-order valence-corrected chi connectivity index (χ2v) is 4.28. The van der Waals surface area contributed by atoms with Gasteiger partial charge in [0.05, 0.1) is 11.9 Å². The summed E-state index contributed by atoms with van der Waals surface area (Å²) in [7, 11) is 0. The zero-order chi connectivity index (χ0) is 14.0. The first-order chi connectivity index (χ1) is 9.88. The van der Waals surface area contributed by atoms with Crippen LogP contribution in [-0.4, -0.2) is 24.7 Å². The highest BCUT2D eigenvalue weighted by atomic mass is 16.5. The Bertz CT molecular complexity index is 486. The number of rotatable bonds is 8. The summed E-state index contributed by atoms with van der Waals surface area (Å²) in [5, 5.41) is 3.23. The van der Waals surface area contributed by atoms with E-state index in [0.717, 1.165) is 30.3 Å². The number of aromatic nitrogens is 1. The largest absolute Gasteiger partial charge is 0.490 e. The molecule has 0 atom stereocenters. The van der Waals surface area contributed by atoms with Gasteiger partial charge in [0.1, 0.15) is 24.7 Å². The fraction of sp³-hybridized carbons (Fsp3) is 0.312. The molecule has 1 heterocycles. The number of pyridine rings is 1. The van der Waals surface area contributed by atoms with Crippen LogP contribution in [-0.2, 0) is 6.54 Å². The molecule has 0 unspecified atom stereocenters. The molecule has 0 aliphatic carbocycles. The van der Waals surface area contributed by atoms with Gasteiger partial charge in [0, 0.05) is 6.54 Å². The van der Waals surface area contributed by atoms with Crippen LogP contribution >= 0.6 is 0 Å². The number of hydrogen-bond acceptors (Lipinski definition) is 4. The first kappa shape index (κ1) is 14.3. The molecular formula is C16H20N2O2. The van der Waals surface area contributed by atoms with Gasteiger partial charge in [0.15, 0.2) is 0 Å². The van der Waals surface area contributed by atoms with Crippen LogP contribution in [0.4, 0.5) is 0 Å². The minimum absolute atomic E-state index is 0.503. The maximum Gasteiger partial charge on any atom is 0.137 e. The van der Waals surface area contributed by atoms with Gasteiger partial charge in [0.2, 0.25) is 0 Å². The zero-order valence-electron chi connectivity index (χ0n) is 11.7. The standard InChI is InChI=1S/C16H20N2O2/c1-2-17-12-14-8-9-16(13-18-14)20-11-10-19-15-6-4-3-5-7-15/h3-9,13,17H,2,10-12H2,1H3. The molecule has 4 nitrogen and oxygen atoms in total. The highest BCUT2D eigenvalue weighted by Gasteiger charge is 1.97. The SMILES string of the molecule is CCNCc1ccc(OCCOc2ccccc2)cn1. The van der Waals surface area contributed by atoms with Crippen molar-refractivity contribution in [1.82, 2.24) is 10.3 Å². The van der Waals surface area contributed by atoms with E-state index in [2.05, 4.69) is 17.2 Å². The van der Waals surface area contributed by atoms with Crippen molar-refractivity contribution >= 4 is 0 Å². The molecule has 0 aliphatic heterocycles. The van der Waals surface area contributed by atoms with E-state index in [-0.39, 0.29) is 0 Å². The van der Waals surface area contributed by atoms with Crippen LogP contribution in [0.25, 0.3) is 0 Å². The fourth-order valence-corrected chi connectivity index (χ4v) is 1.69. The molecule has 20 heavy (non-hydrogen) atoms. The molecule has 1 N–H and O–H groups in total. The van der Waals surface area contributed by atoms with Gasteiger partial charge in [-0.2, -0.15) is 0 Å². The molecule has 0 aliphatic rings. The van der Waals surface area contributed by atoms with Gasteiger partial charge < -0.3 is 14.8 Å². The van der Waals surface area contributed by atoms with Crippen molar-refractivity contribution in [2.24, 2.45) is 0 Å². The van der Waals surface area contributed by atoms with Crippen molar-refractivity contribution in [2.75, 3.05) is 19.8 Å². The van der Waals surface area contributed by atoms with E-state index in [0.29, 0.717) is 13.2 Å². The van der Waals surface area contributed by atoms with E-state index in [1.165, 1.54) is 0 Å². The lowest BCUT2D eigenvalue weighted by Gasteiger charge is -2.08. The Kier molecular flexibility index (Phi) is 5.86. The first-order valence-electron chi connectivity index (χ1n) is 6.85. The molecule has 4 heteroatoms. The Morgan fingerprint density at radius 1 is 0.950 bits per heavy atom. The van der Waals surface area contributed by atoms with Gasteiger partial charge in [0.25, 0.3) is 0 Å². The number of benzene rings is 1. The third-order valence-electron chi connectivity index (χ3n) is 2.72. The number of hydrogen-bond donors (Lipinski definition) is 1. The molecule has 1 aromatic carbocycles. The van der Waals surface area contributed by atoms with Crippen LogP contribution < -0.4 is 14.8 Å². The van der Waals surface area contributed by atoms with Gasteiger partial charge in [-0.1, -0.05) is 25.1 Å². The number of para-hydroxylation sites is 1. The van der Waals surface area contributed by atoms with Crippen molar-refractivity contribution in [1.29, 1.82) is 0 Å². The van der Waals surface area contributed by atoms with Crippen LogP contribution in [0.2, 0.25) is 0 Å². The van der Waals surface area contributed by atoms with Gasteiger partial charge >= 0.3 is 0 Å². The van der Waals surface area contributed by atoms with E-state index < -0.39 is 0 Å². The summed E-state index contributed by atoms with van der Waals surface area (Å²) in [6.07, 6.45) is 1.75. The molecular weight excluding hydrogens is 252 g/mol. The second-order valence-electron chi connectivity index (χ2n) is 4.28. The Balaban J connectivity index is 1.69. The Labute approximate surface area is 119 Å². The summed E-state index contributed by atoms with van der Waals surface area (Å²) in [5.74, 6) is 1.62. The maximum absolute atomic E-state index is 5.58. The molecule has 106 valence electrons. The Morgan fingerprint density at radius 2 is 1.70 bits per heavy atom. The summed E-state index contributed by atoms with van der Waals surface area (Å²) in [6, 6.07) is 13.6. The fourth-order valence-electron chi connectivity index (χ4n) is 1.69. The predicted octanol–water partition coefficient (Wildman–Crippen LogP) is 2.65. The highest BCUT2D eigenvalue weighted by molar-refractivity contribution is 5.21. The van der Waals surface area contributed by atoms with Gasteiger partial charge in [-0.05, 0) is 30.8 Å². The molecule has 0 spiro atoms. The van der Waals surface area contributed by atoms with Crippen LogP contribution in [0, 0.1) is 0 Å². The van der Waals surface area contributed by atoms with Crippen LogP contribution in [0.15, 0.2) is 48.7 Å². The quantitative estimate of drug-likeness (QED) is 0.750. The van der Waals surface area contributed by atoms with Crippen molar-refractivity contribution in [3.05, 3.63) is 54.4 Å². The average molecular weight is 272 g/mol. The summed E-state index contributed by atoms with van der Waals surface area (Å²) >= 11 is 0. The van der Waals surface area contributed by atoms with Crippen LogP contribution in [0.5, 0.6) is 11.5 Å². The van der Waals surface area contributed by atoms with E-state index in [1.807, 2.05) is 42.5 Å². The van der Waals surface area contributed by atoms with E-state index >= 15 is 0 Å². The van der Waals surface area contributed by atoms with Gasteiger partial charge in [-0.3, -0.25) is 4.98 Å². The smallest absolute Gasteiger partial charge is 0.137 e. The molecule has 0 saturated carbocycles. The van der Waals surface area contributed by atoms with Gasteiger partial charge in [-0.15, -0.1) is 0 Å². The summed E-state index contributed by atoms with van der Waals surface area (Å²) in [4.78, 5) is 4.32. The minimum Gasteiger partial charge on any atom is -0.490 e. The molecule has 0 fully saturated rings. The molecule has 0 saturated heterocycles. The van der Waals surface area contributed by atoms with E-state index in [9.17, 15) is 0 Å². The first-order valence-corrected chi connectivity index (χ1v) is 6.85. The van der Waals surface area contributed by atoms with Crippen molar-refractivity contribution in [3.63, 3.8) is 0 Å². The summed E-state index contributed by atoms with van der Waals surface area (Å²) in [6.45, 7) is 4.82. The third kappa shape index (κ3) is 4.90. The van der Waals surface area contributed by atoms with E-state index in [4.69, 9.17) is 9.47 Å². The highest BCUT2D eigenvalue weighted by Crippen LogP contribution is 2.10. The number of ether oxygens (including phenoxy) is 2. The Hall–Kier alpha value is -2.07. The van der Waals surface area contributed by atoms with Crippen molar-refractivity contribution in [3.8, 4) is 11.5 Å². The Morgan fingerprint density at radius 3 is 2.35 bits per heavy atom. The van der Waals surface area contributed by atoms with Crippen LogP contribution in [0.1, 0.15) is 12.6 Å². The number of nitrogens with zero attached hydrogens (tertiary/aromatic N) is 1. The lowest BCUT2D eigenvalue weighted by Crippen LogP contribution is -2.13. The lowest BCUT2D eigenvalue weighted by atomic mass is 10.3.